The van der Waals surface area contributed by atoms with Crippen molar-refractivity contribution in [3.63, 3.8) is 0 Å². The van der Waals surface area contributed by atoms with Gasteiger partial charge in [0.1, 0.15) is 0 Å². The van der Waals surface area contributed by atoms with E-state index in [1.165, 1.54) is 13.3 Å². The Kier molecular flexibility index (Phi) is 3.66. The summed E-state index contributed by atoms with van der Waals surface area (Å²) in [6, 6.07) is 7.51. The summed E-state index contributed by atoms with van der Waals surface area (Å²) in [7, 11) is 1.50. The number of halogens is 1. The Labute approximate surface area is 112 Å². The molecule has 1 aromatic carbocycles. The fourth-order valence-electron chi connectivity index (χ4n) is 1.67. The van der Waals surface area contributed by atoms with E-state index in [-0.39, 0.29) is 6.42 Å². The molecule has 0 unspecified atom stereocenters. The molecule has 0 saturated carbocycles. The number of nitrogens with zero attached hydrogens (tertiary/aromatic N) is 2. The number of hydrogen-bond acceptors (Lipinski definition) is 3. The number of ether oxygens (including phenoxy) is 1. The van der Waals surface area contributed by atoms with Crippen molar-refractivity contribution in [2.75, 3.05) is 7.11 Å². The van der Waals surface area contributed by atoms with Crippen LogP contribution in [0, 0.1) is 0 Å². The molecule has 2 aromatic rings. The van der Waals surface area contributed by atoms with Crippen LogP contribution in [0.3, 0.4) is 0 Å². The first-order valence-electron chi connectivity index (χ1n) is 5.21. The standard InChI is InChI=1S/C12H11BrN2O3/c1-18-12-8(6-11(16)17)7-14-15(12)10-5-3-2-4-9(10)13/h2-5,7H,6H2,1H3,(H,16,17). The maximum atomic E-state index is 10.7. The number of para-hydroxylation sites is 1. The minimum Gasteiger partial charge on any atom is -0.481 e. The fourth-order valence-corrected chi connectivity index (χ4v) is 2.12. The highest BCUT2D eigenvalue weighted by Crippen LogP contribution is 2.27. The van der Waals surface area contributed by atoms with Crippen LogP contribution in [0.15, 0.2) is 34.9 Å². The molecule has 1 aromatic heterocycles. The number of carboxylic acid groups (broad SMARTS) is 1. The second-order valence-corrected chi connectivity index (χ2v) is 4.47. The van der Waals surface area contributed by atoms with Crippen molar-refractivity contribution in [2.24, 2.45) is 0 Å². The Morgan fingerprint density at radius 3 is 2.83 bits per heavy atom. The zero-order valence-corrected chi connectivity index (χ0v) is 11.2. The first-order chi connectivity index (χ1) is 8.63. The largest absolute Gasteiger partial charge is 0.481 e. The molecule has 0 spiro atoms. The monoisotopic (exact) mass is 310 g/mol. The van der Waals surface area contributed by atoms with Crippen LogP contribution in [0.5, 0.6) is 5.88 Å². The molecule has 0 aliphatic carbocycles. The highest BCUT2D eigenvalue weighted by atomic mass is 79.9. The maximum absolute atomic E-state index is 10.7. The molecular weight excluding hydrogens is 300 g/mol. The zero-order chi connectivity index (χ0) is 13.1. The first kappa shape index (κ1) is 12.6. The van der Waals surface area contributed by atoms with Crippen LogP contribution >= 0.6 is 15.9 Å². The molecule has 0 saturated heterocycles. The van der Waals surface area contributed by atoms with Gasteiger partial charge in [-0.25, -0.2) is 0 Å². The van der Waals surface area contributed by atoms with Gasteiger partial charge in [-0.1, -0.05) is 12.1 Å². The molecule has 0 atom stereocenters. The average molecular weight is 311 g/mol. The number of carbonyl (C=O) groups is 1. The summed E-state index contributed by atoms with van der Waals surface area (Å²) in [6.07, 6.45) is 1.39. The molecule has 0 radical (unpaired) electrons. The van der Waals surface area contributed by atoms with Crippen LogP contribution < -0.4 is 4.74 Å². The molecule has 0 bridgehead atoms. The number of hydrogen-bond donors (Lipinski definition) is 1. The predicted octanol–water partition coefficient (Wildman–Crippen LogP) is 2.27. The molecule has 0 aliphatic rings. The van der Waals surface area contributed by atoms with Crippen molar-refractivity contribution in [1.29, 1.82) is 0 Å². The lowest BCUT2D eigenvalue weighted by atomic mass is 10.2. The van der Waals surface area contributed by atoms with E-state index in [0.29, 0.717) is 11.4 Å². The summed E-state index contributed by atoms with van der Waals surface area (Å²) in [5, 5.41) is 13.0. The van der Waals surface area contributed by atoms with Crippen molar-refractivity contribution >= 4 is 21.9 Å². The lowest BCUT2D eigenvalue weighted by molar-refractivity contribution is -0.136. The van der Waals surface area contributed by atoms with E-state index >= 15 is 0 Å². The molecular formula is C12H11BrN2O3. The van der Waals surface area contributed by atoms with E-state index < -0.39 is 5.97 Å². The molecule has 0 fully saturated rings. The second kappa shape index (κ2) is 5.22. The van der Waals surface area contributed by atoms with Gasteiger partial charge in [-0.15, -0.1) is 0 Å². The second-order valence-electron chi connectivity index (χ2n) is 3.61. The van der Waals surface area contributed by atoms with Gasteiger partial charge in [0, 0.05) is 10.0 Å². The van der Waals surface area contributed by atoms with Gasteiger partial charge in [0.05, 0.1) is 25.4 Å². The normalized spacial score (nSPS) is 10.3. The van der Waals surface area contributed by atoms with Crippen LogP contribution in [0.4, 0.5) is 0 Å². The summed E-state index contributed by atoms with van der Waals surface area (Å²) in [6.45, 7) is 0. The van der Waals surface area contributed by atoms with Gasteiger partial charge in [0.25, 0.3) is 0 Å². The SMILES string of the molecule is COc1c(CC(=O)O)cnn1-c1ccccc1Br. The summed E-state index contributed by atoms with van der Waals surface area (Å²) in [5.41, 5.74) is 1.34. The van der Waals surface area contributed by atoms with E-state index in [1.54, 1.807) is 4.68 Å². The molecule has 94 valence electrons. The Morgan fingerprint density at radius 2 is 2.22 bits per heavy atom. The maximum Gasteiger partial charge on any atom is 0.308 e. The summed E-state index contributed by atoms with van der Waals surface area (Å²) < 4.78 is 7.67. The van der Waals surface area contributed by atoms with Gasteiger partial charge < -0.3 is 9.84 Å². The van der Waals surface area contributed by atoms with Gasteiger partial charge >= 0.3 is 5.97 Å². The van der Waals surface area contributed by atoms with Gasteiger partial charge in [-0.05, 0) is 28.1 Å². The van der Waals surface area contributed by atoms with Crippen LogP contribution in [-0.4, -0.2) is 28.0 Å². The lowest BCUT2D eigenvalue weighted by Crippen LogP contribution is -2.04. The highest BCUT2D eigenvalue weighted by Gasteiger charge is 2.16. The molecule has 18 heavy (non-hydrogen) atoms. The summed E-state index contributed by atoms with van der Waals surface area (Å²) >= 11 is 3.42. The number of carboxylic acids is 1. The van der Waals surface area contributed by atoms with Gasteiger partial charge in [-0.3, -0.25) is 4.79 Å². The topological polar surface area (TPSA) is 64.3 Å². The molecule has 6 heteroatoms. The summed E-state index contributed by atoms with van der Waals surface area (Å²) in [4.78, 5) is 10.7. The van der Waals surface area contributed by atoms with Crippen LogP contribution in [0.1, 0.15) is 5.56 Å². The number of methoxy groups -OCH3 is 1. The average Bonchev–Trinajstić information content (AvgIpc) is 2.71. The van der Waals surface area contributed by atoms with Crippen molar-refractivity contribution < 1.29 is 14.6 Å². The smallest absolute Gasteiger partial charge is 0.308 e. The number of benzene rings is 1. The molecule has 0 aliphatic heterocycles. The predicted molar refractivity (Wildman–Crippen MR) is 69.2 cm³/mol. The van der Waals surface area contributed by atoms with Crippen molar-refractivity contribution in [2.45, 2.75) is 6.42 Å². The zero-order valence-electron chi connectivity index (χ0n) is 9.63. The van der Waals surface area contributed by atoms with Crippen LogP contribution in [0.25, 0.3) is 5.69 Å². The van der Waals surface area contributed by atoms with Crippen LogP contribution in [0.2, 0.25) is 0 Å². The number of aromatic nitrogens is 2. The number of rotatable bonds is 4. The van der Waals surface area contributed by atoms with Crippen molar-refractivity contribution in [3.05, 3.63) is 40.5 Å². The van der Waals surface area contributed by atoms with Gasteiger partial charge in [-0.2, -0.15) is 9.78 Å². The minimum atomic E-state index is -0.917. The summed E-state index contributed by atoms with van der Waals surface area (Å²) in [5.74, 6) is -0.482. The first-order valence-corrected chi connectivity index (χ1v) is 6.00. The fraction of sp³-hybridized carbons (Fsp3) is 0.167. The van der Waals surface area contributed by atoms with E-state index in [9.17, 15) is 4.79 Å². The Morgan fingerprint density at radius 1 is 1.50 bits per heavy atom. The van der Waals surface area contributed by atoms with Gasteiger partial charge in [0.2, 0.25) is 5.88 Å². The molecule has 5 nitrogen and oxygen atoms in total. The van der Waals surface area contributed by atoms with E-state index in [2.05, 4.69) is 21.0 Å². The lowest BCUT2D eigenvalue weighted by Gasteiger charge is -2.09. The quantitative estimate of drug-likeness (QED) is 0.941. The molecule has 1 N–H and O–H groups in total. The third-order valence-electron chi connectivity index (χ3n) is 2.41. The molecule has 0 amide bonds. The third kappa shape index (κ3) is 2.38. The highest BCUT2D eigenvalue weighted by molar-refractivity contribution is 9.10. The Bertz CT molecular complexity index is 580. The Balaban J connectivity index is 2.49. The van der Waals surface area contributed by atoms with E-state index in [0.717, 1.165) is 10.2 Å². The van der Waals surface area contributed by atoms with Crippen molar-refractivity contribution in [1.82, 2.24) is 9.78 Å². The molecule has 2 rings (SSSR count). The Hall–Kier alpha value is -1.82. The van der Waals surface area contributed by atoms with Crippen molar-refractivity contribution in [3.8, 4) is 11.6 Å². The van der Waals surface area contributed by atoms with E-state index in [4.69, 9.17) is 9.84 Å². The minimum absolute atomic E-state index is 0.117. The molecule has 1 heterocycles. The van der Waals surface area contributed by atoms with Crippen LogP contribution in [-0.2, 0) is 11.2 Å². The van der Waals surface area contributed by atoms with Gasteiger partial charge in [0.15, 0.2) is 0 Å². The van der Waals surface area contributed by atoms with E-state index in [1.807, 2.05) is 24.3 Å². The number of aliphatic carboxylic acids is 1. The third-order valence-corrected chi connectivity index (χ3v) is 3.08.